The maximum absolute atomic E-state index is 11.6. The van der Waals surface area contributed by atoms with Crippen LogP contribution in [-0.4, -0.2) is 62.2 Å². The normalized spacial score (nSPS) is 20.6. The van der Waals surface area contributed by atoms with Gasteiger partial charge in [0.25, 0.3) is 0 Å². The SMILES string of the molecule is CN(C)c1nccc(NC2CCCN(S(C)(=O)=O)C2)n1. The van der Waals surface area contributed by atoms with Crippen molar-refractivity contribution in [3.63, 3.8) is 0 Å². The average molecular weight is 299 g/mol. The van der Waals surface area contributed by atoms with Crippen molar-refractivity contribution < 1.29 is 8.42 Å². The second-order valence-corrected chi connectivity index (χ2v) is 7.22. The second kappa shape index (κ2) is 5.92. The van der Waals surface area contributed by atoms with Crippen molar-refractivity contribution in [1.82, 2.24) is 14.3 Å². The van der Waals surface area contributed by atoms with Crippen LogP contribution >= 0.6 is 0 Å². The summed E-state index contributed by atoms with van der Waals surface area (Å²) in [5.41, 5.74) is 0. The number of sulfonamides is 1. The molecule has 1 aromatic rings. The number of nitrogens with one attached hydrogen (secondary N) is 1. The van der Waals surface area contributed by atoms with Gasteiger partial charge < -0.3 is 10.2 Å². The molecule has 0 saturated carbocycles. The lowest BCUT2D eigenvalue weighted by atomic mass is 10.1. The molecule has 0 radical (unpaired) electrons. The van der Waals surface area contributed by atoms with Crippen molar-refractivity contribution in [2.24, 2.45) is 0 Å². The van der Waals surface area contributed by atoms with Crippen LogP contribution in [0.5, 0.6) is 0 Å². The molecule has 0 amide bonds. The van der Waals surface area contributed by atoms with Gasteiger partial charge in [-0.25, -0.2) is 17.7 Å². The van der Waals surface area contributed by atoms with Gasteiger partial charge >= 0.3 is 0 Å². The maximum Gasteiger partial charge on any atom is 0.226 e. The van der Waals surface area contributed by atoms with E-state index in [9.17, 15) is 8.42 Å². The third-order valence-electron chi connectivity index (χ3n) is 3.25. The summed E-state index contributed by atoms with van der Waals surface area (Å²) >= 11 is 0. The number of nitrogens with zero attached hydrogens (tertiary/aromatic N) is 4. The predicted molar refractivity (Wildman–Crippen MR) is 79.4 cm³/mol. The van der Waals surface area contributed by atoms with Crippen molar-refractivity contribution in [2.45, 2.75) is 18.9 Å². The highest BCUT2D eigenvalue weighted by Gasteiger charge is 2.25. The Hall–Kier alpha value is -1.41. The van der Waals surface area contributed by atoms with Crippen LogP contribution in [0.4, 0.5) is 11.8 Å². The number of hydrogen-bond donors (Lipinski definition) is 1. The molecule has 0 spiro atoms. The summed E-state index contributed by atoms with van der Waals surface area (Å²) in [6.45, 7) is 1.09. The highest BCUT2D eigenvalue weighted by molar-refractivity contribution is 7.88. The minimum absolute atomic E-state index is 0.0865. The molecule has 1 unspecified atom stereocenters. The minimum atomic E-state index is -3.12. The van der Waals surface area contributed by atoms with Crippen molar-refractivity contribution >= 4 is 21.8 Å². The number of anilines is 2. The Morgan fingerprint density at radius 1 is 1.45 bits per heavy atom. The first kappa shape index (κ1) is 15.0. The van der Waals surface area contributed by atoms with E-state index in [1.807, 2.05) is 19.0 Å². The number of hydrogen-bond acceptors (Lipinski definition) is 6. The highest BCUT2D eigenvalue weighted by atomic mass is 32.2. The molecule has 1 saturated heterocycles. The molecule has 8 heteroatoms. The van der Waals surface area contributed by atoms with E-state index < -0.39 is 10.0 Å². The van der Waals surface area contributed by atoms with Crippen molar-refractivity contribution in [3.05, 3.63) is 12.3 Å². The standard InChI is InChI=1S/C12H21N5O2S/c1-16(2)12-13-7-6-11(15-12)14-10-5-4-8-17(9-10)20(3,18)19/h6-7,10H,4-5,8-9H2,1-3H3,(H,13,14,15). The zero-order valence-electron chi connectivity index (χ0n) is 12.1. The third kappa shape index (κ3) is 3.80. The van der Waals surface area contributed by atoms with E-state index in [2.05, 4.69) is 15.3 Å². The Balaban J connectivity index is 2.04. The van der Waals surface area contributed by atoms with E-state index in [4.69, 9.17) is 0 Å². The summed E-state index contributed by atoms with van der Waals surface area (Å²) in [5, 5.41) is 3.29. The predicted octanol–water partition coefficient (Wildman–Crippen LogP) is 0.379. The molecular formula is C12H21N5O2S. The summed E-state index contributed by atoms with van der Waals surface area (Å²) in [7, 11) is 0.640. The van der Waals surface area contributed by atoms with Gasteiger partial charge in [-0.3, -0.25) is 0 Å². The van der Waals surface area contributed by atoms with E-state index in [-0.39, 0.29) is 6.04 Å². The first-order valence-electron chi connectivity index (χ1n) is 6.58. The quantitative estimate of drug-likeness (QED) is 0.866. The lowest BCUT2D eigenvalue weighted by Crippen LogP contribution is -2.44. The molecule has 0 bridgehead atoms. The molecule has 1 atom stereocenters. The van der Waals surface area contributed by atoms with Gasteiger partial charge in [0.05, 0.1) is 6.26 Å². The van der Waals surface area contributed by atoms with Crippen LogP contribution in [-0.2, 0) is 10.0 Å². The molecule has 2 heterocycles. The molecule has 1 aliphatic heterocycles. The summed E-state index contributed by atoms with van der Waals surface area (Å²) in [6.07, 6.45) is 4.75. The van der Waals surface area contributed by atoms with Gasteiger partial charge in [0.1, 0.15) is 5.82 Å². The van der Waals surface area contributed by atoms with Gasteiger partial charge in [-0.05, 0) is 18.9 Å². The first-order chi connectivity index (χ1) is 9.36. The van der Waals surface area contributed by atoms with Crippen molar-refractivity contribution in [3.8, 4) is 0 Å². The summed E-state index contributed by atoms with van der Waals surface area (Å²) < 4.78 is 24.7. The molecule has 2 rings (SSSR count). The van der Waals surface area contributed by atoms with Crippen molar-refractivity contribution in [2.75, 3.05) is 43.7 Å². The van der Waals surface area contributed by atoms with Gasteiger partial charge in [-0.1, -0.05) is 0 Å². The van der Waals surface area contributed by atoms with Crippen LogP contribution in [0.1, 0.15) is 12.8 Å². The average Bonchev–Trinajstić information content (AvgIpc) is 2.38. The first-order valence-corrected chi connectivity index (χ1v) is 8.43. The van der Waals surface area contributed by atoms with E-state index in [1.54, 1.807) is 12.3 Å². The van der Waals surface area contributed by atoms with Crippen LogP contribution < -0.4 is 10.2 Å². The fourth-order valence-corrected chi connectivity index (χ4v) is 3.13. The topological polar surface area (TPSA) is 78.4 Å². The van der Waals surface area contributed by atoms with E-state index in [0.29, 0.717) is 19.0 Å². The molecule has 1 aromatic heterocycles. The Labute approximate surface area is 120 Å². The summed E-state index contributed by atoms with van der Waals surface area (Å²) in [6, 6.07) is 1.88. The molecule has 1 fully saturated rings. The van der Waals surface area contributed by atoms with Crippen LogP contribution in [0.3, 0.4) is 0 Å². The highest BCUT2D eigenvalue weighted by Crippen LogP contribution is 2.17. The van der Waals surface area contributed by atoms with E-state index >= 15 is 0 Å². The lowest BCUT2D eigenvalue weighted by Gasteiger charge is -2.31. The van der Waals surface area contributed by atoms with Crippen LogP contribution in [0.25, 0.3) is 0 Å². The molecule has 0 aromatic carbocycles. The van der Waals surface area contributed by atoms with Gasteiger partial charge in [-0.2, -0.15) is 4.98 Å². The van der Waals surface area contributed by atoms with Gasteiger partial charge in [0, 0.05) is 39.4 Å². The smallest absolute Gasteiger partial charge is 0.226 e. The fourth-order valence-electron chi connectivity index (χ4n) is 2.21. The fraction of sp³-hybridized carbons (Fsp3) is 0.667. The maximum atomic E-state index is 11.6. The number of rotatable bonds is 4. The van der Waals surface area contributed by atoms with E-state index in [0.717, 1.165) is 18.7 Å². The molecule has 1 aliphatic rings. The summed E-state index contributed by atoms with van der Waals surface area (Å²) in [4.78, 5) is 10.4. The molecule has 0 aliphatic carbocycles. The Bertz CT molecular complexity index is 561. The van der Waals surface area contributed by atoms with Gasteiger partial charge in [0.2, 0.25) is 16.0 Å². The van der Waals surface area contributed by atoms with E-state index in [1.165, 1.54) is 10.6 Å². The zero-order valence-corrected chi connectivity index (χ0v) is 12.9. The van der Waals surface area contributed by atoms with Crippen LogP contribution in [0.2, 0.25) is 0 Å². The third-order valence-corrected chi connectivity index (χ3v) is 4.52. The number of aromatic nitrogens is 2. The van der Waals surface area contributed by atoms with Crippen LogP contribution in [0.15, 0.2) is 12.3 Å². The largest absolute Gasteiger partial charge is 0.366 e. The molecule has 1 N–H and O–H groups in total. The lowest BCUT2D eigenvalue weighted by molar-refractivity contribution is 0.329. The Morgan fingerprint density at radius 2 is 2.20 bits per heavy atom. The van der Waals surface area contributed by atoms with Crippen LogP contribution in [0, 0.1) is 0 Å². The number of piperidine rings is 1. The Morgan fingerprint density at radius 3 is 2.85 bits per heavy atom. The molecule has 112 valence electrons. The second-order valence-electron chi connectivity index (χ2n) is 5.24. The Kier molecular flexibility index (Phi) is 4.44. The molecular weight excluding hydrogens is 278 g/mol. The van der Waals surface area contributed by atoms with Gasteiger partial charge in [-0.15, -0.1) is 0 Å². The van der Waals surface area contributed by atoms with Gasteiger partial charge in [0.15, 0.2) is 0 Å². The zero-order chi connectivity index (χ0) is 14.8. The monoisotopic (exact) mass is 299 g/mol. The minimum Gasteiger partial charge on any atom is -0.366 e. The van der Waals surface area contributed by atoms with Crippen molar-refractivity contribution in [1.29, 1.82) is 0 Å². The summed E-state index contributed by atoms with van der Waals surface area (Å²) in [5.74, 6) is 1.36. The molecule has 7 nitrogen and oxygen atoms in total. The molecule has 20 heavy (non-hydrogen) atoms.